The zero-order valence-corrected chi connectivity index (χ0v) is 21.5. The number of carboxylic acid groups (broad SMARTS) is 1. The lowest BCUT2D eigenvalue weighted by atomic mass is 9.84. The Labute approximate surface area is 220 Å². The summed E-state index contributed by atoms with van der Waals surface area (Å²) in [5, 5.41) is 9.66. The van der Waals surface area contributed by atoms with Crippen LogP contribution in [0.25, 0.3) is 11.1 Å². The average Bonchev–Trinajstić information content (AvgIpc) is 3.34. The van der Waals surface area contributed by atoms with Crippen LogP contribution in [0.5, 0.6) is 11.6 Å². The summed E-state index contributed by atoms with van der Waals surface area (Å²) in [6.45, 7) is 6.06. The molecule has 0 spiro atoms. The van der Waals surface area contributed by atoms with Crippen LogP contribution in [0.3, 0.4) is 0 Å². The number of hydrogen-bond acceptors (Lipinski definition) is 6. The molecule has 1 atom stereocenters. The molecule has 1 unspecified atom stereocenters. The first-order chi connectivity index (χ1) is 17.7. The number of carboxylic acids is 1. The molecule has 0 radical (unpaired) electrons. The molecule has 0 saturated heterocycles. The number of rotatable bonds is 10. The maximum absolute atomic E-state index is 13.9. The van der Waals surface area contributed by atoms with Crippen LogP contribution < -0.4 is 9.47 Å². The average molecular weight is 519 g/mol. The molecule has 190 valence electrons. The van der Waals surface area contributed by atoms with Gasteiger partial charge < -0.3 is 14.6 Å². The Bertz CT molecular complexity index is 1380. The summed E-state index contributed by atoms with van der Waals surface area (Å²) < 4.78 is 11.5. The van der Waals surface area contributed by atoms with E-state index in [4.69, 9.17) is 21.1 Å². The molecule has 0 amide bonds. The van der Waals surface area contributed by atoms with Crippen LogP contribution in [0, 0.1) is 0 Å². The van der Waals surface area contributed by atoms with Gasteiger partial charge in [-0.25, -0.2) is 9.78 Å². The fourth-order valence-electron chi connectivity index (χ4n) is 4.17. The highest BCUT2D eigenvalue weighted by Crippen LogP contribution is 2.35. The molecule has 7 nitrogen and oxygen atoms in total. The van der Waals surface area contributed by atoms with Crippen molar-refractivity contribution in [2.45, 2.75) is 38.8 Å². The minimum Gasteiger partial charge on any atom is -0.491 e. The lowest BCUT2D eigenvalue weighted by Crippen LogP contribution is -2.36. The topological polar surface area (TPSA) is 98.1 Å². The number of aliphatic imine (C=N–C) groups is 1. The zero-order chi connectivity index (χ0) is 26.6. The fraction of sp³-hybridized carbons (Fsp3) is 0.241. The van der Waals surface area contributed by atoms with Gasteiger partial charge in [0.25, 0.3) is 0 Å². The lowest BCUT2D eigenvalue weighted by Gasteiger charge is -2.25. The highest BCUT2D eigenvalue weighted by Gasteiger charge is 2.39. The van der Waals surface area contributed by atoms with E-state index < -0.39 is 11.5 Å². The van der Waals surface area contributed by atoms with E-state index in [-0.39, 0.29) is 28.9 Å². The number of carbonyl (C=O) groups excluding carboxylic acids is 1. The molecule has 0 fully saturated rings. The van der Waals surface area contributed by atoms with Gasteiger partial charge in [-0.15, -0.1) is 0 Å². The Balaban J connectivity index is 1.73. The molecule has 1 aliphatic heterocycles. The summed E-state index contributed by atoms with van der Waals surface area (Å²) >= 11 is 6.52. The smallest absolute Gasteiger partial charge is 0.335 e. The fourth-order valence-corrected chi connectivity index (χ4v) is 4.43. The van der Waals surface area contributed by atoms with Crippen molar-refractivity contribution in [2.75, 3.05) is 6.61 Å². The van der Waals surface area contributed by atoms with Crippen molar-refractivity contribution >= 4 is 29.6 Å². The molecule has 0 bridgehead atoms. The number of aromatic carboxylic acids is 1. The lowest BCUT2D eigenvalue weighted by molar-refractivity contribution is 0.0696. The molecule has 8 heteroatoms. The van der Waals surface area contributed by atoms with Crippen LogP contribution in [-0.4, -0.2) is 46.3 Å². The van der Waals surface area contributed by atoms with Crippen LogP contribution in [0.4, 0.5) is 0 Å². The van der Waals surface area contributed by atoms with Crippen molar-refractivity contribution in [2.24, 2.45) is 4.99 Å². The third kappa shape index (κ3) is 5.73. The normalized spacial score (nSPS) is 16.2. The van der Waals surface area contributed by atoms with Crippen molar-refractivity contribution in [1.82, 2.24) is 4.98 Å². The van der Waals surface area contributed by atoms with Gasteiger partial charge in [0.1, 0.15) is 11.3 Å². The second-order valence-electron chi connectivity index (χ2n) is 8.88. The summed E-state index contributed by atoms with van der Waals surface area (Å²) in [6.07, 6.45) is 6.85. The van der Waals surface area contributed by atoms with Crippen molar-refractivity contribution in [3.8, 4) is 22.8 Å². The molecule has 2 heterocycles. The van der Waals surface area contributed by atoms with Gasteiger partial charge in [0.2, 0.25) is 5.88 Å². The Kier molecular flexibility index (Phi) is 7.74. The van der Waals surface area contributed by atoms with Crippen LogP contribution in [-0.2, 0) is 6.42 Å². The van der Waals surface area contributed by atoms with E-state index in [9.17, 15) is 14.7 Å². The number of carbonyl (C=O) groups is 2. The summed E-state index contributed by atoms with van der Waals surface area (Å²) in [5.41, 5.74) is 1.31. The quantitative estimate of drug-likeness (QED) is 0.326. The number of aromatic nitrogens is 1. The van der Waals surface area contributed by atoms with Gasteiger partial charge >= 0.3 is 5.97 Å². The second kappa shape index (κ2) is 11.0. The second-order valence-corrected chi connectivity index (χ2v) is 9.29. The Morgan fingerprint density at radius 2 is 1.92 bits per heavy atom. The van der Waals surface area contributed by atoms with Crippen LogP contribution in [0.1, 0.15) is 47.1 Å². The summed E-state index contributed by atoms with van der Waals surface area (Å²) in [5.74, 6) is -0.317. The van der Waals surface area contributed by atoms with E-state index in [1.807, 2.05) is 32.9 Å². The number of ketones is 1. The predicted octanol–water partition coefficient (Wildman–Crippen LogP) is 6.09. The number of allylic oxidation sites excluding steroid dienone is 1. The number of Topliss-reactive ketones (excluding diaryl/α,β-unsaturated/α-hetero) is 1. The molecule has 1 aromatic heterocycles. The van der Waals surface area contributed by atoms with Gasteiger partial charge in [-0.1, -0.05) is 23.7 Å². The van der Waals surface area contributed by atoms with Crippen LogP contribution >= 0.6 is 11.6 Å². The number of hydrogen-bond donors (Lipinski definition) is 1. The largest absolute Gasteiger partial charge is 0.491 e. The first kappa shape index (κ1) is 26.1. The van der Waals surface area contributed by atoms with Crippen molar-refractivity contribution in [3.63, 3.8) is 0 Å². The predicted molar refractivity (Wildman–Crippen MR) is 143 cm³/mol. The molecule has 3 aromatic rings. The van der Waals surface area contributed by atoms with Gasteiger partial charge in [-0.3, -0.25) is 9.79 Å². The summed E-state index contributed by atoms with van der Waals surface area (Å²) in [7, 11) is 0. The number of halogens is 1. The van der Waals surface area contributed by atoms with E-state index in [0.29, 0.717) is 40.5 Å². The monoisotopic (exact) mass is 518 g/mol. The van der Waals surface area contributed by atoms with E-state index in [1.165, 1.54) is 6.07 Å². The van der Waals surface area contributed by atoms with Crippen molar-refractivity contribution in [3.05, 3.63) is 88.6 Å². The van der Waals surface area contributed by atoms with E-state index in [0.717, 1.165) is 0 Å². The molecule has 1 aliphatic rings. The van der Waals surface area contributed by atoms with Crippen molar-refractivity contribution in [1.29, 1.82) is 0 Å². The van der Waals surface area contributed by atoms with Crippen LogP contribution in [0.2, 0.25) is 5.02 Å². The first-order valence-electron chi connectivity index (χ1n) is 11.9. The first-order valence-corrected chi connectivity index (χ1v) is 12.3. The molecule has 37 heavy (non-hydrogen) atoms. The third-order valence-corrected chi connectivity index (χ3v) is 6.13. The number of ether oxygens (including phenoxy) is 2. The standard InChI is InChI=1S/C29H27ClN2O5/c1-4-36-27-21(14-22(17-31-27)19-7-5-8-20(13-19)28(34)35)16-29(11-6-12-32-29)26(33)24-10-9-23(15-25(24)30)37-18(2)3/h5-15,17-18H,4,16H2,1-3H3,(H,34,35). The highest BCUT2D eigenvalue weighted by molar-refractivity contribution is 6.34. The number of pyridine rings is 1. The highest BCUT2D eigenvalue weighted by atomic mass is 35.5. The summed E-state index contributed by atoms with van der Waals surface area (Å²) in [4.78, 5) is 34.3. The third-order valence-electron chi connectivity index (χ3n) is 5.82. The Morgan fingerprint density at radius 1 is 1.11 bits per heavy atom. The molecule has 0 aliphatic carbocycles. The maximum atomic E-state index is 13.9. The minimum absolute atomic E-state index is 0.0284. The Hall–Kier alpha value is -3.97. The van der Waals surface area contributed by atoms with Gasteiger partial charge in [0.05, 0.1) is 23.3 Å². The van der Waals surface area contributed by atoms with E-state index >= 15 is 0 Å². The number of benzene rings is 2. The molecule has 1 N–H and O–H groups in total. The molecule has 2 aromatic carbocycles. The van der Waals surface area contributed by atoms with Crippen LogP contribution in [0.15, 0.2) is 71.9 Å². The van der Waals surface area contributed by atoms with Gasteiger partial charge in [0, 0.05) is 35.5 Å². The SMILES string of the molecule is CCOc1ncc(-c2cccc(C(=O)O)c2)cc1CC1(C(=O)c2ccc(OC(C)C)cc2Cl)C=CC=N1. The summed E-state index contributed by atoms with van der Waals surface area (Å²) in [6, 6.07) is 13.5. The molecular weight excluding hydrogens is 492 g/mol. The van der Waals surface area contributed by atoms with E-state index in [2.05, 4.69) is 9.98 Å². The molecular formula is C29H27ClN2O5. The zero-order valence-electron chi connectivity index (χ0n) is 20.8. The minimum atomic E-state index is -1.24. The van der Waals surface area contributed by atoms with Gasteiger partial charge in [-0.2, -0.15) is 0 Å². The van der Waals surface area contributed by atoms with Crippen molar-refractivity contribution < 1.29 is 24.2 Å². The van der Waals surface area contributed by atoms with Gasteiger partial charge in [0.15, 0.2) is 5.78 Å². The van der Waals surface area contributed by atoms with Gasteiger partial charge in [-0.05, 0) is 74.9 Å². The maximum Gasteiger partial charge on any atom is 0.335 e. The number of nitrogens with zero attached hydrogens (tertiary/aromatic N) is 2. The Morgan fingerprint density at radius 3 is 2.57 bits per heavy atom. The molecule has 0 saturated carbocycles. The van der Waals surface area contributed by atoms with E-state index in [1.54, 1.807) is 54.9 Å². The molecule has 4 rings (SSSR count).